The van der Waals surface area contributed by atoms with Crippen LogP contribution in [-0.4, -0.2) is 43.5 Å². The van der Waals surface area contributed by atoms with Crippen LogP contribution in [0.5, 0.6) is 0 Å². The topological polar surface area (TPSA) is 66.4 Å². The Hall–Kier alpha value is -3.19. The highest BCUT2D eigenvalue weighted by molar-refractivity contribution is 5.94. The molecule has 4 heterocycles. The second-order valence-electron chi connectivity index (χ2n) is 6.12. The number of methoxy groups -OCH3 is 1. The van der Waals surface area contributed by atoms with Crippen LogP contribution in [0, 0.1) is 0 Å². The van der Waals surface area contributed by atoms with Crippen molar-refractivity contribution >= 4 is 11.3 Å². The van der Waals surface area contributed by atoms with Crippen molar-refractivity contribution in [1.82, 2.24) is 24.0 Å². The molecule has 0 saturated carbocycles. The number of carbonyl (C=O) groups is 1. The molecule has 0 aliphatic heterocycles. The second kappa shape index (κ2) is 6.61. The molecule has 0 aliphatic rings. The number of rotatable bonds is 6. The summed E-state index contributed by atoms with van der Waals surface area (Å²) in [5.74, 6) is 0.846. The molecule has 0 N–H and O–H groups in total. The number of aryl methyl sites for hydroxylation is 1. The quantitative estimate of drug-likeness (QED) is 0.502. The van der Waals surface area contributed by atoms with Gasteiger partial charge in [-0.1, -0.05) is 6.07 Å². The zero-order valence-electron chi connectivity index (χ0n) is 14.7. The Morgan fingerprint density at radius 3 is 2.73 bits per heavy atom. The Morgan fingerprint density at radius 1 is 1.12 bits per heavy atom. The van der Waals surface area contributed by atoms with Crippen LogP contribution < -0.4 is 0 Å². The summed E-state index contributed by atoms with van der Waals surface area (Å²) in [6.45, 7) is 0.397. The maximum absolute atomic E-state index is 12.1. The summed E-state index contributed by atoms with van der Waals surface area (Å²) in [6, 6.07) is 9.87. The van der Waals surface area contributed by atoms with E-state index in [2.05, 4.69) is 32.9 Å². The van der Waals surface area contributed by atoms with Gasteiger partial charge in [-0.05, 0) is 24.3 Å². The summed E-state index contributed by atoms with van der Waals surface area (Å²) in [6.07, 6.45) is 8.00. The minimum Gasteiger partial charge on any atom is -0.384 e. The van der Waals surface area contributed by atoms with Crippen LogP contribution in [0.15, 0.2) is 55.1 Å². The molecule has 7 heteroatoms. The summed E-state index contributed by atoms with van der Waals surface area (Å²) in [7, 11) is 3.48. The van der Waals surface area contributed by atoms with Crippen molar-refractivity contribution < 1.29 is 9.53 Å². The monoisotopic (exact) mass is 349 g/mol. The van der Waals surface area contributed by atoms with Crippen molar-refractivity contribution in [2.45, 2.75) is 6.42 Å². The molecule has 4 rings (SSSR count). The predicted molar refractivity (Wildman–Crippen MR) is 97.5 cm³/mol. The van der Waals surface area contributed by atoms with Crippen LogP contribution in [0.1, 0.15) is 16.9 Å². The molecule has 0 aliphatic carbocycles. The van der Waals surface area contributed by atoms with Gasteiger partial charge in [-0.25, -0.2) is 4.68 Å². The van der Waals surface area contributed by atoms with Crippen molar-refractivity contribution in [2.75, 3.05) is 13.7 Å². The van der Waals surface area contributed by atoms with Crippen LogP contribution >= 0.6 is 0 Å². The van der Waals surface area contributed by atoms with E-state index in [1.54, 1.807) is 28.7 Å². The van der Waals surface area contributed by atoms with Gasteiger partial charge in [0.25, 0.3) is 0 Å². The molecule has 0 bridgehead atoms. The van der Waals surface area contributed by atoms with Crippen LogP contribution in [-0.2, 0) is 11.8 Å². The summed E-state index contributed by atoms with van der Waals surface area (Å²) in [5.41, 5.74) is 3.60. The van der Waals surface area contributed by atoms with Crippen LogP contribution in [0.25, 0.3) is 22.5 Å². The Bertz CT molecular complexity index is 1070. The van der Waals surface area contributed by atoms with Crippen LogP contribution in [0.3, 0.4) is 0 Å². The van der Waals surface area contributed by atoms with Crippen molar-refractivity contribution in [1.29, 1.82) is 0 Å². The molecule has 26 heavy (non-hydrogen) atoms. The normalized spacial score (nSPS) is 11.3. The summed E-state index contributed by atoms with van der Waals surface area (Å²) in [5, 5.41) is 8.67. The van der Waals surface area contributed by atoms with E-state index in [0.717, 1.165) is 22.5 Å². The molecule has 4 aromatic rings. The molecule has 0 aromatic carbocycles. The number of ketones is 1. The van der Waals surface area contributed by atoms with Crippen molar-refractivity contribution in [3.63, 3.8) is 0 Å². The lowest BCUT2D eigenvalue weighted by Crippen LogP contribution is -2.06. The standard InChI is InChI=1S/C19H19N5O2/c1-22-12-15(11-20-22)14-3-4-16-5-6-19(23(16)13-14)24-9-7-17(21-24)18(25)8-10-26-2/h3-7,9,11-13H,8,10H2,1-2H3. The molecule has 0 saturated heterocycles. The first kappa shape index (κ1) is 16.3. The molecule has 7 nitrogen and oxygen atoms in total. The molecule has 0 unspecified atom stereocenters. The van der Waals surface area contributed by atoms with Crippen LogP contribution in [0.4, 0.5) is 0 Å². The molecular weight excluding hydrogens is 330 g/mol. The third-order valence-electron chi connectivity index (χ3n) is 4.31. The largest absolute Gasteiger partial charge is 0.384 e. The highest BCUT2D eigenvalue weighted by Gasteiger charge is 2.12. The van der Waals surface area contributed by atoms with Gasteiger partial charge in [0.15, 0.2) is 5.78 Å². The molecule has 4 aromatic heterocycles. The highest BCUT2D eigenvalue weighted by Crippen LogP contribution is 2.22. The fourth-order valence-electron chi connectivity index (χ4n) is 2.94. The highest BCUT2D eigenvalue weighted by atomic mass is 16.5. The fourth-order valence-corrected chi connectivity index (χ4v) is 2.94. The smallest absolute Gasteiger partial charge is 0.185 e. The van der Waals surface area contributed by atoms with Gasteiger partial charge >= 0.3 is 0 Å². The average Bonchev–Trinajstić information content (AvgIpc) is 3.37. The van der Waals surface area contributed by atoms with E-state index in [1.807, 2.05) is 31.6 Å². The number of carbonyl (C=O) groups excluding carboxylic acids is 1. The molecule has 0 radical (unpaired) electrons. The number of nitrogens with zero attached hydrogens (tertiary/aromatic N) is 5. The first-order valence-electron chi connectivity index (χ1n) is 8.34. The molecule has 0 amide bonds. The molecular formula is C19H19N5O2. The first-order valence-corrected chi connectivity index (χ1v) is 8.34. The van der Waals surface area contributed by atoms with Gasteiger partial charge in [0.05, 0.1) is 12.8 Å². The van der Waals surface area contributed by atoms with E-state index in [4.69, 9.17) is 4.74 Å². The third-order valence-corrected chi connectivity index (χ3v) is 4.31. The second-order valence-corrected chi connectivity index (χ2v) is 6.12. The predicted octanol–water partition coefficient (Wildman–Crippen LogP) is 2.74. The van der Waals surface area contributed by atoms with Gasteiger partial charge in [-0.3, -0.25) is 9.48 Å². The van der Waals surface area contributed by atoms with Gasteiger partial charge in [-0.15, -0.1) is 0 Å². The Kier molecular flexibility index (Phi) is 4.14. The lowest BCUT2D eigenvalue weighted by Gasteiger charge is -2.05. The third kappa shape index (κ3) is 2.93. The van der Waals surface area contributed by atoms with E-state index in [9.17, 15) is 4.79 Å². The number of aromatic nitrogens is 5. The lowest BCUT2D eigenvalue weighted by molar-refractivity contribution is 0.0927. The average molecular weight is 349 g/mol. The lowest BCUT2D eigenvalue weighted by atomic mass is 10.1. The zero-order valence-corrected chi connectivity index (χ0v) is 14.7. The maximum atomic E-state index is 12.1. The van der Waals surface area contributed by atoms with E-state index in [0.29, 0.717) is 18.7 Å². The van der Waals surface area contributed by atoms with E-state index in [-0.39, 0.29) is 5.78 Å². The van der Waals surface area contributed by atoms with Gasteiger partial charge < -0.3 is 9.14 Å². The number of hydrogen-bond donors (Lipinski definition) is 0. The molecule has 132 valence electrons. The van der Waals surface area contributed by atoms with Crippen molar-refractivity contribution in [3.8, 4) is 16.9 Å². The van der Waals surface area contributed by atoms with E-state index < -0.39 is 0 Å². The number of fused-ring (bicyclic) bond motifs is 1. The van der Waals surface area contributed by atoms with E-state index >= 15 is 0 Å². The summed E-state index contributed by atoms with van der Waals surface area (Å²) < 4.78 is 10.5. The zero-order chi connectivity index (χ0) is 18.1. The molecule has 0 fully saturated rings. The van der Waals surface area contributed by atoms with Gasteiger partial charge in [-0.2, -0.15) is 10.2 Å². The van der Waals surface area contributed by atoms with Gasteiger partial charge in [0.1, 0.15) is 11.5 Å². The van der Waals surface area contributed by atoms with Crippen molar-refractivity contribution in [2.24, 2.45) is 7.05 Å². The summed E-state index contributed by atoms with van der Waals surface area (Å²) >= 11 is 0. The Labute approximate surface area is 150 Å². The first-order chi connectivity index (χ1) is 12.7. The number of hydrogen-bond acceptors (Lipinski definition) is 4. The molecule has 0 atom stereocenters. The van der Waals surface area contributed by atoms with E-state index in [1.165, 1.54) is 0 Å². The van der Waals surface area contributed by atoms with Gasteiger partial charge in [0.2, 0.25) is 0 Å². The Balaban J connectivity index is 1.71. The number of Topliss-reactive ketones (excluding diaryl/α,β-unsaturated/α-hetero) is 1. The number of pyridine rings is 1. The molecule has 0 spiro atoms. The minimum atomic E-state index is -0.0255. The SMILES string of the molecule is COCCC(=O)c1ccn(-c2ccc3ccc(-c4cnn(C)c4)cn23)n1. The Morgan fingerprint density at radius 2 is 1.96 bits per heavy atom. The maximum Gasteiger partial charge on any atom is 0.185 e. The fraction of sp³-hybridized carbons (Fsp3) is 0.211. The van der Waals surface area contributed by atoms with Crippen LogP contribution in [0.2, 0.25) is 0 Å². The van der Waals surface area contributed by atoms with Gasteiger partial charge in [0, 0.05) is 55.8 Å². The minimum absolute atomic E-state index is 0.0255. The van der Waals surface area contributed by atoms with Crippen molar-refractivity contribution in [3.05, 3.63) is 60.8 Å². The number of ether oxygens (including phenoxy) is 1. The summed E-state index contributed by atoms with van der Waals surface area (Å²) in [4.78, 5) is 12.1.